The molecule has 0 radical (unpaired) electrons. The summed E-state index contributed by atoms with van der Waals surface area (Å²) in [5, 5.41) is 0.0995. The summed E-state index contributed by atoms with van der Waals surface area (Å²) in [4.78, 5) is 0. The summed E-state index contributed by atoms with van der Waals surface area (Å²) in [5.41, 5.74) is 8.85. The number of ether oxygens (including phenoxy) is 1. The third-order valence-corrected chi connectivity index (χ3v) is 3.32. The molecule has 2 aromatic carbocycles. The summed E-state index contributed by atoms with van der Waals surface area (Å²) in [6.07, 6.45) is 0. The monoisotopic (exact) mass is 293 g/mol. The van der Waals surface area contributed by atoms with E-state index in [1.54, 1.807) is 12.1 Å². The second kappa shape index (κ2) is 6.25. The highest BCUT2D eigenvalue weighted by atomic mass is 35.5. The maximum atomic E-state index is 13.1. The molecule has 4 heteroatoms. The van der Waals surface area contributed by atoms with Gasteiger partial charge in [0.25, 0.3) is 0 Å². The Balaban J connectivity index is 2.16. The molecule has 0 amide bonds. The molecule has 0 saturated carbocycles. The molecule has 2 rings (SSSR count). The van der Waals surface area contributed by atoms with Gasteiger partial charge in [-0.1, -0.05) is 35.4 Å². The molecule has 0 saturated heterocycles. The fraction of sp³-hybridized carbons (Fsp3) is 0.250. The first-order valence-corrected chi connectivity index (χ1v) is 6.78. The molecule has 0 bridgehead atoms. The van der Waals surface area contributed by atoms with E-state index in [1.165, 1.54) is 6.07 Å². The lowest BCUT2D eigenvalue weighted by molar-refractivity contribution is 0.301. The van der Waals surface area contributed by atoms with Crippen LogP contribution < -0.4 is 10.5 Å². The van der Waals surface area contributed by atoms with Crippen molar-refractivity contribution in [1.82, 2.24) is 0 Å². The predicted octanol–water partition coefficient (Wildman–Crippen LogP) is 4.39. The van der Waals surface area contributed by atoms with Gasteiger partial charge in [-0.3, -0.25) is 0 Å². The number of benzene rings is 2. The van der Waals surface area contributed by atoms with E-state index in [1.807, 2.05) is 32.0 Å². The van der Waals surface area contributed by atoms with Crippen molar-refractivity contribution in [3.63, 3.8) is 0 Å². The van der Waals surface area contributed by atoms with Crippen LogP contribution in [0, 0.1) is 12.7 Å². The first kappa shape index (κ1) is 14.8. The van der Waals surface area contributed by atoms with Crippen LogP contribution in [0.5, 0.6) is 5.75 Å². The Labute approximate surface area is 123 Å². The lowest BCUT2D eigenvalue weighted by Gasteiger charge is -2.15. The van der Waals surface area contributed by atoms with E-state index in [2.05, 4.69) is 0 Å². The molecule has 0 spiro atoms. The Hall–Kier alpha value is -1.58. The van der Waals surface area contributed by atoms with Crippen LogP contribution in [0.1, 0.15) is 29.7 Å². The Morgan fingerprint density at radius 2 is 2.00 bits per heavy atom. The van der Waals surface area contributed by atoms with Gasteiger partial charge in [-0.25, -0.2) is 4.39 Å². The van der Waals surface area contributed by atoms with Crippen LogP contribution in [0.3, 0.4) is 0 Å². The molecular formula is C16H17ClFNO. The number of rotatable bonds is 4. The highest BCUT2D eigenvalue weighted by Crippen LogP contribution is 2.26. The van der Waals surface area contributed by atoms with Crippen molar-refractivity contribution in [3.8, 4) is 5.75 Å². The van der Waals surface area contributed by atoms with Gasteiger partial charge < -0.3 is 10.5 Å². The Morgan fingerprint density at radius 3 is 2.65 bits per heavy atom. The molecule has 0 aliphatic carbocycles. The maximum absolute atomic E-state index is 13.1. The number of halogens is 2. The zero-order chi connectivity index (χ0) is 14.7. The van der Waals surface area contributed by atoms with E-state index in [-0.39, 0.29) is 11.1 Å². The van der Waals surface area contributed by atoms with Crippen LogP contribution >= 0.6 is 11.6 Å². The van der Waals surface area contributed by atoms with Crippen molar-refractivity contribution in [1.29, 1.82) is 0 Å². The second-order valence-corrected chi connectivity index (χ2v) is 5.27. The third kappa shape index (κ3) is 3.50. The molecule has 2 aromatic rings. The average molecular weight is 294 g/mol. The van der Waals surface area contributed by atoms with Gasteiger partial charge >= 0.3 is 0 Å². The molecule has 0 aliphatic heterocycles. The van der Waals surface area contributed by atoms with Crippen LogP contribution in [-0.4, -0.2) is 0 Å². The molecule has 0 aliphatic rings. The highest BCUT2D eigenvalue weighted by Gasteiger charge is 2.09. The first-order chi connectivity index (χ1) is 9.47. The summed E-state index contributed by atoms with van der Waals surface area (Å²) < 4.78 is 18.9. The van der Waals surface area contributed by atoms with E-state index in [0.717, 1.165) is 22.4 Å². The smallest absolute Gasteiger partial charge is 0.141 e. The van der Waals surface area contributed by atoms with Crippen LogP contribution in [-0.2, 0) is 6.61 Å². The summed E-state index contributed by atoms with van der Waals surface area (Å²) in [5.74, 6) is 0.313. The van der Waals surface area contributed by atoms with Crippen LogP contribution in [0.4, 0.5) is 4.39 Å². The van der Waals surface area contributed by atoms with Crippen molar-refractivity contribution >= 4 is 11.6 Å². The number of aryl methyl sites for hydroxylation is 1. The largest absolute Gasteiger partial charge is 0.489 e. The minimum atomic E-state index is -0.429. The van der Waals surface area contributed by atoms with Crippen LogP contribution in [0.15, 0.2) is 36.4 Å². The van der Waals surface area contributed by atoms with Crippen LogP contribution in [0.2, 0.25) is 5.02 Å². The zero-order valence-electron chi connectivity index (χ0n) is 11.5. The summed E-state index contributed by atoms with van der Waals surface area (Å²) in [6, 6.07) is 10.3. The predicted molar refractivity (Wildman–Crippen MR) is 79.5 cm³/mol. The molecule has 0 heterocycles. The Morgan fingerprint density at radius 1 is 1.25 bits per heavy atom. The minimum absolute atomic E-state index is 0.0995. The lowest BCUT2D eigenvalue weighted by Crippen LogP contribution is -2.08. The van der Waals surface area contributed by atoms with Crippen molar-refractivity contribution in [2.45, 2.75) is 26.5 Å². The maximum Gasteiger partial charge on any atom is 0.141 e. The van der Waals surface area contributed by atoms with E-state index >= 15 is 0 Å². The molecule has 0 unspecified atom stereocenters. The fourth-order valence-corrected chi connectivity index (χ4v) is 2.15. The van der Waals surface area contributed by atoms with Gasteiger partial charge in [0.05, 0.1) is 5.02 Å². The Kier molecular flexibility index (Phi) is 4.63. The molecule has 20 heavy (non-hydrogen) atoms. The highest BCUT2D eigenvalue weighted by molar-refractivity contribution is 6.30. The van der Waals surface area contributed by atoms with Gasteiger partial charge in [0.1, 0.15) is 18.2 Å². The molecule has 106 valence electrons. The number of hydrogen-bond donors (Lipinski definition) is 1. The molecule has 0 fully saturated rings. The van der Waals surface area contributed by atoms with E-state index in [9.17, 15) is 4.39 Å². The second-order valence-electron chi connectivity index (χ2n) is 4.87. The molecule has 2 N–H and O–H groups in total. The van der Waals surface area contributed by atoms with E-state index in [0.29, 0.717) is 6.61 Å². The zero-order valence-corrected chi connectivity index (χ0v) is 12.2. The van der Waals surface area contributed by atoms with E-state index < -0.39 is 5.82 Å². The fourth-order valence-electron chi connectivity index (χ4n) is 1.95. The normalized spacial score (nSPS) is 12.2. The topological polar surface area (TPSA) is 35.2 Å². The standard InChI is InChI=1S/C16H17ClFNO/c1-10-3-6-16(13(7-10)11(2)19)20-9-12-4-5-15(18)14(17)8-12/h3-8,11H,9,19H2,1-2H3/t11-/m0/s1. The van der Waals surface area contributed by atoms with Gasteiger partial charge in [-0.15, -0.1) is 0 Å². The average Bonchev–Trinajstić information content (AvgIpc) is 2.41. The summed E-state index contributed by atoms with van der Waals surface area (Å²) >= 11 is 5.75. The van der Waals surface area contributed by atoms with Crippen molar-refractivity contribution in [2.24, 2.45) is 5.73 Å². The van der Waals surface area contributed by atoms with Gasteiger partial charge in [-0.2, -0.15) is 0 Å². The third-order valence-electron chi connectivity index (χ3n) is 3.03. The van der Waals surface area contributed by atoms with E-state index in [4.69, 9.17) is 22.1 Å². The first-order valence-electron chi connectivity index (χ1n) is 6.40. The molecule has 2 nitrogen and oxygen atoms in total. The molecule has 1 atom stereocenters. The summed E-state index contributed by atoms with van der Waals surface area (Å²) in [6.45, 7) is 4.24. The van der Waals surface area contributed by atoms with Crippen molar-refractivity contribution in [2.75, 3.05) is 0 Å². The van der Waals surface area contributed by atoms with Crippen LogP contribution in [0.25, 0.3) is 0 Å². The summed E-state index contributed by atoms with van der Waals surface area (Å²) in [7, 11) is 0. The molecular weight excluding hydrogens is 277 g/mol. The SMILES string of the molecule is Cc1ccc(OCc2ccc(F)c(Cl)c2)c([C@H](C)N)c1. The van der Waals surface area contributed by atoms with Crippen molar-refractivity contribution < 1.29 is 9.13 Å². The van der Waals surface area contributed by atoms with Gasteiger partial charge in [0, 0.05) is 11.6 Å². The Bertz CT molecular complexity index is 613. The quantitative estimate of drug-likeness (QED) is 0.907. The molecule has 0 aromatic heterocycles. The van der Waals surface area contributed by atoms with Gasteiger partial charge in [0.15, 0.2) is 0 Å². The van der Waals surface area contributed by atoms with Crippen molar-refractivity contribution in [3.05, 3.63) is 63.9 Å². The minimum Gasteiger partial charge on any atom is -0.489 e. The number of hydrogen-bond acceptors (Lipinski definition) is 2. The lowest BCUT2D eigenvalue weighted by atomic mass is 10.1. The number of nitrogens with two attached hydrogens (primary N) is 1. The van der Waals surface area contributed by atoms with Gasteiger partial charge in [0.2, 0.25) is 0 Å². The van der Waals surface area contributed by atoms with Gasteiger partial charge in [-0.05, 0) is 37.6 Å².